The number of hydrogen-bond acceptors (Lipinski definition) is 6. The van der Waals surface area contributed by atoms with Gasteiger partial charge in [0.15, 0.2) is 11.5 Å². The maximum Gasteiger partial charge on any atom is 0.355 e. The van der Waals surface area contributed by atoms with Gasteiger partial charge < -0.3 is 15.0 Å². The maximum absolute atomic E-state index is 12.2. The molecule has 112 valence electrons. The Morgan fingerprint density at radius 1 is 1.57 bits per heavy atom. The number of aryl methyl sites for hydroxylation is 1. The third-order valence-corrected chi connectivity index (χ3v) is 3.87. The number of aromatic carboxylic acids is 1. The lowest BCUT2D eigenvalue weighted by Gasteiger charge is -2.12. The van der Waals surface area contributed by atoms with Crippen LogP contribution in [0.25, 0.3) is 0 Å². The van der Waals surface area contributed by atoms with Gasteiger partial charge in [-0.15, -0.1) is 11.3 Å². The van der Waals surface area contributed by atoms with Crippen molar-refractivity contribution in [2.45, 2.75) is 32.9 Å². The summed E-state index contributed by atoms with van der Waals surface area (Å²) in [6.07, 6.45) is 4.07. The van der Waals surface area contributed by atoms with Crippen LogP contribution in [0.5, 0.6) is 0 Å². The Labute approximate surface area is 125 Å². The van der Waals surface area contributed by atoms with Crippen LogP contribution in [0, 0.1) is 0 Å². The molecule has 2 heterocycles. The molecular formula is C13H16N4O3S. The number of nitrogens with one attached hydrogen (secondary N) is 1. The van der Waals surface area contributed by atoms with Gasteiger partial charge in [-0.05, 0) is 13.3 Å². The summed E-state index contributed by atoms with van der Waals surface area (Å²) in [4.78, 5) is 31.0. The summed E-state index contributed by atoms with van der Waals surface area (Å²) in [7, 11) is 0. The van der Waals surface area contributed by atoms with E-state index in [0.29, 0.717) is 11.6 Å². The molecule has 2 rings (SSSR count). The van der Waals surface area contributed by atoms with Gasteiger partial charge in [-0.3, -0.25) is 4.79 Å². The topological polar surface area (TPSA) is 97.1 Å². The summed E-state index contributed by atoms with van der Waals surface area (Å²) in [6.45, 7) is 4.43. The summed E-state index contributed by atoms with van der Waals surface area (Å²) >= 11 is 1.23. The second-order valence-electron chi connectivity index (χ2n) is 4.52. The lowest BCUT2D eigenvalue weighted by Crippen LogP contribution is -2.25. The number of anilines is 1. The molecule has 0 aliphatic heterocycles. The number of carboxylic acids is 1. The van der Waals surface area contributed by atoms with Crippen LogP contribution in [-0.4, -0.2) is 25.6 Å². The van der Waals surface area contributed by atoms with Gasteiger partial charge in [-0.1, -0.05) is 6.92 Å². The second-order valence-corrected chi connectivity index (χ2v) is 5.41. The molecule has 2 aromatic rings. The Kier molecular flexibility index (Phi) is 4.69. The minimum atomic E-state index is -1.06. The largest absolute Gasteiger partial charge is 0.476 e. The molecule has 0 amide bonds. The standard InChI is InChI=1S/C13H16N4O3S/c1-3-5-17-6-4-14-10(12(17)18)15-8(2)11-16-9(7-21-11)13(19)20/h4,6-8H,3,5H2,1-2H3,(H,14,15)(H,19,20). The van der Waals surface area contributed by atoms with Crippen LogP contribution in [0.3, 0.4) is 0 Å². The molecule has 0 aliphatic carbocycles. The number of thiazole rings is 1. The van der Waals surface area contributed by atoms with Crippen LogP contribution in [0.4, 0.5) is 5.82 Å². The van der Waals surface area contributed by atoms with E-state index in [4.69, 9.17) is 5.11 Å². The zero-order valence-electron chi connectivity index (χ0n) is 11.7. The number of hydrogen-bond donors (Lipinski definition) is 2. The highest BCUT2D eigenvalue weighted by Crippen LogP contribution is 2.20. The molecule has 0 spiro atoms. The van der Waals surface area contributed by atoms with Gasteiger partial charge in [0.25, 0.3) is 5.56 Å². The van der Waals surface area contributed by atoms with Crippen LogP contribution in [-0.2, 0) is 6.54 Å². The minimum absolute atomic E-state index is 0.00747. The predicted molar refractivity (Wildman–Crippen MR) is 79.9 cm³/mol. The highest BCUT2D eigenvalue weighted by atomic mass is 32.1. The molecule has 1 atom stereocenters. The third-order valence-electron chi connectivity index (χ3n) is 2.84. The Morgan fingerprint density at radius 2 is 2.33 bits per heavy atom. The first-order valence-corrected chi connectivity index (χ1v) is 7.41. The van der Waals surface area contributed by atoms with E-state index in [0.717, 1.165) is 6.42 Å². The highest BCUT2D eigenvalue weighted by molar-refractivity contribution is 7.09. The zero-order valence-corrected chi connectivity index (χ0v) is 12.6. The van der Waals surface area contributed by atoms with Gasteiger partial charge in [0.2, 0.25) is 0 Å². The van der Waals surface area contributed by atoms with Crippen molar-refractivity contribution in [2.24, 2.45) is 0 Å². The lowest BCUT2D eigenvalue weighted by atomic mass is 10.3. The fourth-order valence-corrected chi connectivity index (χ4v) is 2.61. The van der Waals surface area contributed by atoms with Gasteiger partial charge in [0.05, 0.1) is 6.04 Å². The maximum atomic E-state index is 12.2. The summed E-state index contributed by atoms with van der Waals surface area (Å²) < 4.78 is 1.59. The minimum Gasteiger partial charge on any atom is -0.476 e. The highest BCUT2D eigenvalue weighted by Gasteiger charge is 2.15. The molecule has 1 unspecified atom stereocenters. The normalized spacial score (nSPS) is 12.1. The van der Waals surface area contributed by atoms with E-state index in [9.17, 15) is 9.59 Å². The molecule has 7 nitrogen and oxygen atoms in total. The van der Waals surface area contributed by atoms with Gasteiger partial charge >= 0.3 is 5.97 Å². The molecule has 0 bridgehead atoms. The van der Waals surface area contributed by atoms with E-state index < -0.39 is 5.97 Å². The van der Waals surface area contributed by atoms with Crippen LogP contribution >= 0.6 is 11.3 Å². The fourth-order valence-electron chi connectivity index (χ4n) is 1.81. The van der Waals surface area contributed by atoms with Crippen LogP contribution in [0.2, 0.25) is 0 Å². The number of aromatic nitrogens is 3. The first kappa shape index (κ1) is 15.2. The Bertz CT molecular complexity index is 695. The van der Waals surface area contributed by atoms with Crippen molar-refractivity contribution in [2.75, 3.05) is 5.32 Å². The average molecular weight is 308 g/mol. The van der Waals surface area contributed by atoms with Crippen LogP contribution in [0.15, 0.2) is 22.6 Å². The smallest absolute Gasteiger partial charge is 0.355 e. The van der Waals surface area contributed by atoms with Gasteiger partial charge in [-0.25, -0.2) is 14.8 Å². The molecule has 0 radical (unpaired) electrons. The molecule has 0 aromatic carbocycles. The van der Waals surface area contributed by atoms with Crippen molar-refractivity contribution >= 4 is 23.1 Å². The molecular weight excluding hydrogens is 292 g/mol. The fraction of sp³-hybridized carbons (Fsp3) is 0.385. The third kappa shape index (κ3) is 3.46. The van der Waals surface area contributed by atoms with Crippen molar-refractivity contribution in [1.29, 1.82) is 0 Å². The number of carbonyl (C=O) groups is 1. The van der Waals surface area contributed by atoms with Crippen molar-refractivity contribution in [3.63, 3.8) is 0 Å². The molecule has 21 heavy (non-hydrogen) atoms. The van der Waals surface area contributed by atoms with Crippen LogP contribution in [0.1, 0.15) is 41.8 Å². The van der Waals surface area contributed by atoms with Gasteiger partial charge in [-0.2, -0.15) is 0 Å². The SMILES string of the molecule is CCCn1ccnc(NC(C)c2nc(C(=O)O)cs2)c1=O. The van der Waals surface area contributed by atoms with E-state index in [1.807, 2.05) is 13.8 Å². The molecule has 0 saturated carbocycles. The first-order chi connectivity index (χ1) is 10.0. The van der Waals surface area contributed by atoms with Gasteiger partial charge in [0.1, 0.15) is 5.01 Å². The van der Waals surface area contributed by atoms with Crippen molar-refractivity contribution < 1.29 is 9.90 Å². The monoisotopic (exact) mass is 308 g/mol. The predicted octanol–water partition coefficient (Wildman–Crippen LogP) is 1.98. The zero-order chi connectivity index (χ0) is 15.4. The van der Waals surface area contributed by atoms with Crippen molar-refractivity contribution in [1.82, 2.24) is 14.5 Å². The number of nitrogens with zero attached hydrogens (tertiary/aromatic N) is 3. The van der Waals surface area contributed by atoms with E-state index in [2.05, 4.69) is 15.3 Å². The summed E-state index contributed by atoms with van der Waals surface area (Å²) in [5.74, 6) is -0.821. The van der Waals surface area contributed by atoms with E-state index in [-0.39, 0.29) is 23.1 Å². The first-order valence-electron chi connectivity index (χ1n) is 6.53. The summed E-state index contributed by atoms with van der Waals surface area (Å²) in [5.41, 5.74) is -0.186. The molecule has 0 saturated heterocycles. The Hall–Kier alpha value is -2.22. The molecule has 0 fully saturated rings. The number of carboxylic acid groups (broad SMARTS) is 1. The van der Waals surface area contributed by atoms with Crippen LogP contribution < -0.4 is 10.9 Å². The van der Waals surface area contributed by atoms with E-state index >= 15 is 0 Å². The van der Waals surface area contributed by atoms with Crippen molar-refractivity contribution in [3.05, 3.63) is 38.8 Å². The number of rotatable bonds is 6. The lowest BCUT2D eigenvalue weighted by molar-refractivity contribution is 0.0691. The molecule has 2 aromatic heterocycles. The Balaban J connectivity index is 2.19. The van der Waals surface area contributed by atoms with Gasteiger partial charge in [0, 0.05) is 24.3 Å². The summed E-state index contributed by atoms with van der Waals surface area (Å²) in [5, 5.41) is 13.9. The molecule has 8 heteroatoms. The van der Waals surface area contributed by atoms with E-state index in [1.54, 1.807) is 17.0 Å². The Morgan fingerprint density at radius 3 is 2.95 bits per heavy atom. The average Bonchev–Trinajstić information content (AvgIpc) is 2.93. The summed E-state index contributed by atoms with van der Waals surface area (Å²) in [6, 6.07) is -0.291. The quantitative estimate of drug-likeness (QED) is 0.847. The van der Waals surface area contributed by atoms with E-state index in [1.165, 1.54) is 16.7 Å². The second kappa shape index (κ2) is 6.49. The molecule has 2 N–H and O–H groups in total. The van der Waals surface area contributed by atoms with Crippen molar-refractivity contribution in [3.8, 4) is 0 Å². The molecule has 0 aliphatic rings.